The van der Waals surface area contributed by atoms with Crippen molar-refractivity contribution in [3.8, 4) is 0 Å². The average Bonchev–Trinajstić information content (AvgIpc) is 2.28. The maximum absolute atomic E-state index is 12.0. The molecule has 0 fully saturated rings. The SMILES string of the molecule is CCN(C(=O)NC(C)CCCC(C)C(=O)O)C(C)C. The Kier molecular flexibility index (Phi) is 8.19. The van der Waals surface area contributed by atoms with Gasteiger partial charge in [-0.25, -0.2) is 4.79 Å². The van der Waals surface area contributed by atoms with E-state index in [9.17, 15) is 9.59 Å². The van der Waals surface area contributed by atoms with Gasteiger partial charge in [0.1, 0.15) is 0 Å². The summed E-state index contributed by atoms with van der Waals surface area (Å²) in [5.41, 5.74) is 0. The van der Waals surface area contributed by atoms with E-state index in [1.165, 1.54) is 0 Å². The van der Waals surface area contributed by atoms with Gasteiger partial charge >= 0.3 is 12.0 Å². The normalized spacial score (nSPS) is 14.0. The lowest BCUT2D eigenvalue weighted by molar-refractivity contribution is -0.141. The number of carbonyl (C=O) groups excluding carboxylic acids is 1. The predicted molar refractivity (Wildman–Crippen MR) is 76.2 cm³/mol. The molecule has 0 rings (SSSR count). The molecule has 0 aromatic rings. The van der Waals surface area contributed by atoms with Gasteiger partial charge in [0, 0.05) is 18.6 Å². The molecular formula is C14H28N2O3. The smallest absolute Gasteiger partial charge is 0.317 e. The van der Waals surface area contributed by atoms with Crippen LogP contribution in [-0.4, -0.2) is 40.6 Å². The molecule has 5 nitrogen and oxygen atoms in total. The van der Waals surface area contributed by atoms with E-state index in [2.05, 4.69) is 5.32 Å². The van der Waals surface area contributed by atoms with E-state index in [0.29, 0.717) is 13.0 Å². The van der Waals surface area contributed by atoms with Crippen molar-refractivity contribution in [1.82, 2.24) is 10.2 Å². The average molecular weight is 272 g/mol. The summed E-state index contributed by atoms with van der Waals surface area (Å²) in [6.07, 6.45) is 2.26. The van der Waals surface area contributed by atoms with Crippen molar-refractivity contribution in [2.45, 2.75) is 66.0 Å². The topological polar surface area (TPSA) is 69.6 Å². The van der Waals surface area contributed by atoms with Crippen molar-refractivity contribution in [3.63, 3.8) is 0 Å². The molecule has 0 radical (unpaired) electrons. The van der Waals surface area contributed by atoms with Crippen LogP contribution in [0.1, 0.15) is 53.9 Å². The fraction of sp³-hybridized carbons (Fsp3) is 0.857. The number of nitrogens with one attached hydrogen (secondary N) is 1. The Morgan fingerprint density at radius 1 is 1.16 bits per heavy atom. The third-order valence-corrected chi connectivity index (χ3v) is 3.29. The van der Waals surface area contributed by atoms with E-state index in [1.54, 1.807) is 11.8 Å². The lowest BCUT2D eigenvalue weighted by Crippen LogP contribution is -2.46. The number of carboxylic acid groups (broad SMARTS) is 1. The molecule has 0 aromatic heterocycles. The molecule has 112 valence electrons. The van der Waals surface area contributed by atoms with Gasteiger partial charge in [0.05, 0.1) is 5.92 Å². The first kappa shape index (κ1) is 17.7. The van der Waals surface area contributed by atoms with Crippen molar-refractivity contribution >= 4 is 12.0 Å². The summed E-state index contributed by atoms with van der Waals surface area (Å²) in [5.74, 6) is -1.07. The summed E-state index contributed by atoms with van der Waals surface area (Å²) < 4.78 is 0. The van der Waals surface area contributed by atoms with Crippen LogP contribution in [0.25, 0.3) is 0 Å². The quantitative estimate of drug-likeness (QED) is 0.713. The Labute approximate surface area is 116 Å². The number of aliphatic carboxylic acids is 1. The molecule has 2 N–H and O–H groups in total. The Morgan fingerprint density at radius 3 is 2.16 bits per heavy atom. The van der Waals surface area contributed by atoms with Crippen LogP contribution < -0.4 is 5.32 Å². The molecule has 0 saturated heterocycles. The van der Waals surface area contributed by atoms with Crippen LogP contribution in [0.4, 0.5) is 4.79 Å². The largest absolute Gasteiger partial charge is 0.481 e. The second kappa shape index (κ2) is 8.77. The molecule has 2 atom stereocenters. The van der Waals surface area contributed by atoms with Gasteiger partial charge in [-0.2, -0.15) is 0 Å². The zero-order chi connectivity index (χ0) is 15.0. The summed E-state index contributed by atoms with van der Waals surface area (Å²) in [4.78, 5) is 24.4. The maximum Gasteiger partial charge on any atom is 0.317 e. The molecule has 0 aliphatic heterocycles. The van der Waals surface area contributed by atoms with Gasteiger partial charge in [-0.3, -0.25) is 4.79 Å². The van der Waals surface area contributed by atoms with Crippen LogP contribution in [0.15, 0.2) is 0 Å². The molecule has 5 heteroatoms. The van der Waals surface area contributed by atoms with Gasteiger partial charge in [0.15, 0.2) is 0 Å². The Balaban J connectivity index is 4.00. The number of urea groups is 1. The molecule has 0 aromatic carbocycles. The van der Waals surface area contributed by atoms with E-state index < -0.39 is 5.97 Å². The van der Waals surface area contributed by atoms with E-state index in [0.717, 1.165) is 12.8 Å². The summed E-state index contributed by atoms with van der Waals surface area (Å²) >= 11 is 0. The molecule has 0 heterocycles. The standard InChI is InChI=1S/C14H28N2O3/c1-6-16(10(2)3)14(19)15-12(5)9-7-8-11(4)13(17)18/h10-12H,6-9H2,1-5H3,(H,15,19)(H,17,18). The van der Waals surface area contributed by atoms with Crippen LogP contribution in [0.3, 0.4) is 0 Å². The van der Waals surface area contributed by atoms with Crippen LogP contribution in [-0.2, 0) is 4.79 Å². The molecule has 0 aliphatic rings. The Hall–Kier alpha value is -1.26. The Morgan fingerprint density at radius 2 is 1.74 bits per heavy atom. The summed E-state index contributed by atoms with van der Waals surface area (Å²) in [7, 11) is 0. The number of hydrogen-bond donors (Lipinski definition) is 2. The van der Waals surface area contributed by atoms with Crippen LogP contribution in [0.5, 0.6) is 0 Å². The van der Waals surface area contributed by atoms with E-state index in [4.69, 9.17) is 5.11 Å². The van der Waals surface area contributed by atoms with Gasteiger partial charge < -0.3 is 15.3 Å². The highest BCUT2D eigenvalue weighted by molar-refractivity contribution is 5.74. The fourth-order valence-electron chi connectivity index (χ4n) is 1.96. The predicted octanol–water partition coefficient (Wildman–Crippen LogP) is 2.71. The fourth-order valence-corrected chi connectivity index (χ4v) is 1.96. The van der Waals surface area contributed by atoms with Crippen LogP contribution >= 0.6 is 0 Å². The van der Waals surface area contributed by atoms with E-state index in [-0.39, 0.29) is 24.0 Å². The number of rotatable bonds is 8. The van der Waals surface area contributed by atoms with Crippen molar-refractivity contribution in [2.75, 3.05) is 6.54 Å². The van der Waals surface area contributed by atoms with Gasteiger partial charge in [0.25, 0.3) is 0 Å². The summed E-state index contributed by atoms with van der Waals surface area (Å²) in [6.45, 7) is 10.3. The molecule has 19 heavy (non-hydrogen) atoms. The van der Waals surface area contributed by atoms with Crippen LogP contribution in [0.2, 0.25) is 0 Å². The van der Waals surface area contributed by atoms with E-state index >= 15 is 0 Å². The Bertz CT molecular complexity index is 292. The zero-order valence-corrected chi connectivity index (χ0v) is 12.8. The first-order valence-electron chi connectivity index (χ1n) is 7.09. The molecule has 0 bridgehead atoms. The van der Waals surface area contributed by atoms with Gasteiger partial charge in [-0.05, 0) is 40.5 Å². The summed E-state index contributed by atoms with van der Waals surface area (Å²) in [6, 6.07) is 0.210. The van der Waals surface area contributed by atoms with Gasteiger partial charge in [-0.15, -0.1) is 0 Å². The minimum absolute atomic E-state index is 0.0451. The van der Waals surface area contributed by atoms with Crippen molar-refractivity contribution in [2.24, 2.45) is 5.92 Å². The first-order chi connectivity index (χ1) is 8.79. The zero-order valence-electron chi connectivity index (χ0n) is 12.8. The first-order valence-corrected chi connectivity index (χ1v) is 7.09. The number of carbonyl (C=O) groups is 2. The molecule has 0 aliphatic carbocycles. The molecule has 0 spiro atoms. The minimum Gasteiger partial charge on any atom is -0.481 e. The number of nitrogens with zero attached hydrogens (tertiary/aromatic N) is 1. The van der Waals surface area contributed by atoms with Crippen molar-refractivity contribution in [1.29, 1.82) is 0 Å². The lowest BCUT2D eigenvalue weighted by Gasteiger charge is -2.27. The minimum atomic E-state index is -0.756. The number of carboxylic acids is 1. The second-order valence-corrected chi connectivity index (χ2v) is 5.40. The van der Waals surface area contributed by atoms with Gasteiger partial charge in [0.2, 0.25) is 0 Å². The van der Waals surface area contributed by atoms with Crippen molar-refractivity contribution in [3.05, 3.63) is 0 Å². The van der Waals surface area contributed by atoms with Crippen LogP contribution in [0, 0.1) is 5.92 Å². The number of hydrogen-bond acceptors (Lipinski definition) is 2. The van der Waals surface area contributed by atoms with E-state index in [1.807, 2.05) is 27.7 Å². The maximum atomic E-state index is 12.0. The van der Waals surface area contributed by atoms with Gasteiger partial charge in [-0.1, -0.05) is 13.3 Å². The monoisotopic (exact) mass is 272 g/mol. The summed E-state index contributed by atoms with van der Waals surface area (Å²) in [5, 5.41) is 11.7. The molecular weight excluding hydrogens is 244 g/mol. The highest BCUT2D eigenvalue weighted by Gasteiger charge is 2.17. The third kappa shape index (κ3) is 7.03. The third-order valence-electron chi connectivity index (χ3n) is 3.29. The second-order valence-electron chi connectivity index (χ2n) is 5.40. The number of amides is 2. The lowest BCUT2D eigenvalue weighted by atomic mass is 10.0. The highest BCUT2D eigenvalue weighted by atomic mass is 16.4. The highest BCUT2D eigenvalue weighted by Crippen LogP contribution is 2.10. The molecule has 2 unspecified atom stereocenters. The molecule has 0 saturated carbocycles. The van der Waals surface area contributed by atoms with Crippen molar-refractivity contribution < 1.29 is 14.7 Å². The molecule has 2 amide bonds.